The summed E-state index contributed by atoms with van der Waals surface area (Å²) in [5.41, 5.74) is 23.2. The van der Waals surface area contributed by atoms with Gasteiger partial charge in [-0.05, 0) is 111 Å². The second kappa shape index (κ2) is 14.2. The minimum atomic E-state index is 0.0476. The topological polar surface area (TPSA) is 0 Å². The first kappa shape index (κ1) is 39.5. The summed E-state index contributed by atoms with van der Waals surface area (Å²) < 4.78 is 0. The van der Waals surface area contributed by atoms with E-state index in [2.05, 4.69) is 216 Å². The molecular weight excluding hydrogens is 705 g/mol. The van der Waals surface area contributed by atoms with Gasteiger partial charge in [0.05, 0.1) is 0 Å². The number of rotatable bonds is 6. The molecule has 2 aliphatic rings. The monoisotopic (exact) mass is 766 g/mol. The van der Waals surface area contributed by atoms with E-state index in [0.29, 0.717) is 0 Å². The minimum absolute atomic E-state index is 0.0476. The van der Waals surface area contributed by atoms with Crippen LogP contribution in [0.25, 0.3) is 22.3 Å². The van der Waals surface area contributed by atoms with E-state index in [0.717, 1.165) is 11.5 Å². The van der Waals surface area contributed by atoms with Gasteiger partial charge in [0.25, 0.3) is 0 Å². The fourth-order valence-electron chi connectivity index (χ4n) is 9.63. The van der Waals surface area contributed by atoms with Crippen molar-refractivity contribution in [2.75, 3.05) is 0 Å². The van der Waals surface area contributed by atoms with Gasteiger partial charge in [-0.2, -0.15) is 11.8 Å². The van der Waals surface area contributed by atoms with Gasteiger partial charge >= 0.3 is 0 Å². The van der Waals surface area contributed by atoms with Gasteiger partial charge in [-0.3, -0.25) is 0 Å². The Labute approximate surface area is 348 Å². The first-order chi connectivity index (χ1) is 26.8. The highest BCUT2D eigenvalue weighted by Gasteiger charge is 2.37. The highest BCUT2D eigenvalue weighted by Crippen LogP contribution is 2.55. The smallest absolute Gasteiger partial charge is 0.0355 e. The summed E-state index contributed by atoms with van der Waals surface area (Å²) in [6, 6.07) is 47.4. The van der Waals surface area contributed by atoms with Crippen molar-refractivity contribution in [3.05, 3.63) is 188 Å². The Morgan fingerprint density at radius 2 is 0.737 bits per heavy atom. The zero-order valence-electron chi connectivity index (χ0n) is 36.5. The Bertz CT molecular complexity index is 2310. The van der Waals surface area contributed by atoms with Gasteiger partial charge in [-0.1, -0.05) is 204 Å². The molecule has 292 valence electrons. The maximum atomic E-state index is 2.53. The number of hydrogen-bond donors (Lipinski definition) is 0. The average Bonchev–Trinajstić information content (AvgIpc) is 3.66. The zero-order valence-corrected chi connectivity index (χ0v) is 37.3. The predicted octanol–water partition coefficient (Wildman–Crippen LogP) is 15.6. The molecule has 0 aromatic heterocycles. The third-order valence-corrected chi connectivity index (χ3v) is 13.7. The lowest BCUT2D eigenvalue weighted by molar-refractivity contribution is 0.589. The van der Waals surface area contributed by atoms with E-state index in [1.807, 2.05) is 0 Å². The van der Waals surface area contributed by atoms with Gasteiger partial charge in [0.15, 0.2) is 0 Å². The van der Waals surface area contributed by atoms with E-state index in [9.17, 15) is 0 Å². The molecule has 0 amide bonds. The molecule has 0 aliphatic heterocycles. The highest BCUT2D eigenvalue weighted by atomic mass is 32.2. The van der Waals surface area contributed by atoms with Crippen molar-refractivity contribution in [1.82, 2.24) is 0 Å². The number of fused-ring (bicyclic) bond motifs is 6. The predicted molar refractivity (Wildman–Crippen MR) is 248 cm³/mol. The lowest BCUT2D eigenvalue weighted by Crippen LogP contribution is -2.13. The normalized spacial score (nSPS) is 16.3. The Morgan fingerprint density at radius 3 is 1.11 bits per heavy atom. The van der Waals surface area contributed by atoms with E-state index in [1.165, 1.54) is 89.0 Å². The molecule has 0 radical (unpaired) electrons. The number of thioether (sulfide) groups is 1. The van der Waals surface area contributed by atoms with Crippen LogP contribution >= 0.6 is 11.8 Å². The molecule has 6 aromatic rings. The largest absolute Gasteiger partial charge is 0.152 e. The van der Waals surface area contributed by atoms with Crippen molar-refractivity contribution in [3.8, 4) is 22.3 Å². The third kappa shape index (κ3) is 7.13. The van der Waals surface area contributed by atoms with Gasteiger partial charge in [0.1, 0.15) is 0 Å². The highest BCUT2D eigenvalue weighted by molar-refractivity contribution is 7.97. The van der Waals surface area contributed by atoms with Crippen LogP contribution in [0.5, 0.6) is 0 Å². The van der Waals surface area contributed by atoms with Crippen LogP contribution in [0.4, 0.5) is 0 Å². The fourth-order valence-corrected chi connectivity index (χ4v) is 10.7. The molecule has 0 nitrogen and oxygen atoms in total. The molecule has 0 spiro atoms. The van der Waals surface area contributed by atoms with Gasteiger partial charge < -0.3 is 0 Å². The second-order valence-corrected chi connectivity index (χ2v) is 21.9. The Kier molecular flexibility index (Phi) is 9.84. The lowest BCUT2D eigenvalue weighted by atomic mass is 9.80. The summed E-state index contributed by atoms with van der Waals surface area (Å²) in [6.45, 7) is 28.2. The quantitative estimate of drug-likeness (QED) is 0.162. The van der Waals surface area contributed by atoms with Crippen LogP contribution in [0.15, 0.2) is 121 Å². The van der Waals surface area contributed by atoms with E-state index in [-0.39, 0.29) is 33.5 Å². The maximum Gasteiger partial charge on any atom is 0.0355 e. The van der Waals surface area contributed by atoms with Crippen LogP contribution in [-0.2, 0) is 33.2 Å². The van der Waals surface area contributed by atoms with E-state index in [1.54, 1.807) is 0 Å². The molecule has 8 rings (SSSR count). The van der Waals surface area contributed by atoms with Gasteiger partial charge in [0.2, 0.25) is 0 Å². The van der Waals surface area contributed by atoms with Crippen LogP contribution in [-0.4, -0.2) is 0 Å². The maximum absolute atomic E-state index is 2.53. The van der Waals surface area contributed by atoms with Crippen molar-refractivity contribution in [2.24, 2.45) is 0 Å². The number of hydrogen-bond acceptors (Lipinski definition) is 1. The summed E-state index contributed by atoms with van der Waals surface area (Å²) >= 11 is 2.06. The van der Waals surface area contributed by atoms with Crippen LogP contribution in [0.1, 0.15) is 162 Å². The molecule has 6 aromatic carbocycles. The SMILES string of the molecule is CC(C)(C)c1ccc2c(c1)C(c1ccccc1CSCc1ccccc1C1c3cc(C(C)(C)C)ccc3-c3c1cccc3C(C)(C)C)c1cccc(C(C)(C)C)c1-2. The van der Waals surface area contributed by atoms with Gasteiger partial charge in [-0.25, -0.2) is 0 Å². The van der Waals surface area contributed by atoms with Crippen molar-refractivity contribution in [3.63, 3.8) is 0 Å². The van der Waals surface area contributed by atoms with Crippen molar-refractivity contribution < 1.29 is 0 Å². The van der Waals surface area contributed by atoms with Crippen LogP contribution in [0, 0.1) is 0 Å². The first-order valence-electron chi connectivity index (χ1n) is 21.1. The molecule has 0 saturated carbocycles. The molecule has 2 aliphatic carbocycles. The van der Waals surface area contributed by atoms with E-state index in [4.69, 9.17) is 0 Å². The molecule has 2 unspecified atom stereocenters. The Balaban J connectivity index is 1.17. The van der Waals surface area contributed by atoms with Crippen LogP contribution < -0.4 is 0 Å². The average molecular weight is 767 g/mol. The molecule has 0 bridgehead atoms. The minimum Gasteiger partial charge on any atom is -0.152 e. The fraction of sp³-hybridized carbons (Fsp3) is 0.357. The molecule has 0 fully saturated rings. The Morgan fingerprint density at radius 1 is 0.368 bits per heavy atom. The summed E-state index contributed by atoms with van der Waals surface area (Å²) in [6.07, 6.45) is 0. The summed E-state index contributed by atoms with van der Waals surface area (Å²) in [5, 5.41) is 0. The third-order valence-electron chi connectivity index (χ3n) is 12.7. The van der Waals surface area contributed by atoms with Crippen molar-refractivity contribution in [1.29, 1.82) is 0 Å². The second-order valence-electron chi connectivity index (χ2n) is 20.9. The van der Waals surface area contributed by atoms with Crippen LogP contribution in [0.2, 0.25) is 0 Å². The summed E-state index contributed by atoms with van der Waals surface area (Å²) in [4.78, 5) is 0. The molecule has 0 saturated heterocycles. The molecule has 1 heteroatoms. The van der Waals surface area contributed by atoms with Crippen molar-refractivity contribution in [2.45, 2.75) is 128 Å². The first-order valence-corrected chi connectivity index (χ1v) is 22.3. The molecule has 0 heterocycles. The molecule has 57 heavy (non-hydrogen) atoms. The summed E-state index contributed by atoms with van der Waals surface area (Å²) in [5.74, 6) is 2.35. The molecular formula is C56H62S. The van der Waals surface area contributed by atoms with Crippen LogP contribution in [0.3, 0.4) is 0 Å². The van der Waals surface area contributed by atoms with E-state index >= 15 is 0 Å². The summed E-state index contributed by atoms with van der Waals surface area (Å²) in [7, 11) is 0. The van der Waals surface area contributed by atoms with Crippen molar-refractivity contribution >= 4 is 11.8 Å². The number of benzene rings is 6. The van der Waals surface area contributed by atoms with Gasteiger partial charge in [-0.15, -0.1) is 0 Å². The van der Waals surface area contributed by atoms with Gasteiger partial charge in [0, 0.05) is 23.3 Å². The molecule has 2 atom stereocenters. The standard InChI is InChI=1S/C56H62S/c1-53(2,3)37-27-29-41-45(31-37)49(43-23-17-25-47(51(41)43)55(7,8)9)39-21-15-13-19-35(39)33-57-34-36-20-14-16-22-40(36)50-44-24-18-26-48(56(10,11)12)52(44)42-30-28-38(32-46(42)50)54(4,5)6/h13-32,49-50H,33-34H2,1-12H3. The Hall–Kier alpha value is -4.33. The zero-order chi connectivity index (χ0) is 40.7. The molecule has 0 N–H and O–H groups in total. The van der Waals surface area contributed by atoms with E-state index < -0.39 is 0 Å². The lowest BCUT2D eigenvalue weighted by Gasteiger charge is -2.24.